The van der Waals surface area contributed by atoms with Crippen LogP contribution in [0.5, 0.6) is 0 Å². The number of hydrogen-bond acceptors (Lipinski definition) is 4. The summed E-state index contributed by atoms with van der Waals surface area (Å²) in [5, 5.41) is 0. The molecule has 94 valence electrons. The van der Waals surface area contributed by atoms with Gasteiger partial charge in [0, 0.05) is 24.3 Å². The highest BCUT2D eigenvalue weighted by molar-refractivity contribution is 5.95. The normalized spacial score (nSPS) is 12.1. The molecule has 0 radical (unpaired) electrons. The van der Waals surface area contributed by atoms with E-state index in [4.69, 9.17) is 5.84 Å². The minimum absolute atomic E-state index is 0.0126. The molecule has 1 amide bonds. The summed E-state index contributed by atoms with van der Waals surface area (Å²) >= 11 is 0. The van der Waals surface area contributed by atoms with Gasteiger partial charge < -0.3 is 10.3 Å². The minimum Gasteiger partial charge on any atom is -0.339 e. The molecule has 0 aliphatic rings. The maximum Gasteiger partial charge on any atom is 0.254 e. The van der Waals surface area contributed by atoms with E-state index >= 15 is 0 Å². The number of hydrazine groups is 1. The lowest BCUT2D eigenvalue weighted by Gasteiger charge is -2.24. The second-order valence-electron chi connectivity index (χ2n) is 4.20. The van der Waals surface area contributed by atoms with Gasteiger partial charge in [-0.15, -0.1) is 0 Å². The number of carbonyl (C=O) groups is 1. The molecule has 0 bridgehead atoms. The lowest BCUT2D eigenvalue weighted by Crippen LogP contribution is -2.34. The number of amides is 1. The number of hydrogen-bond donors (Lipinski definition) is 2. The largest absolute Gasteiger partial charge is 0.339 e. The monoisotopic (exact) mass is 236 g/mol. The van der Waals surface area contributed by atoms with E-state index < -0.39 is 0 Å². The quantitative estimate of drug-likeness (QED) is 0.614. The molecule has 17 heavy (non-hydrogen) atoms. The van der Waals surface area contributed by atoms with Gasteiger partial charge in [0.25, 0.3) is 5.91 Å². The first kappa shape index (κ1) is 13.4. The van der Waals surface area contributed by atoms with Crippen molar-refractivity contribution in [3.63, 3.8) is 0 Å². The summed E-state index contributed by atoms with van der Waals surface area (Å²) in [7, 11) is 1.81. The molecule has 1 rings (SSSR count). The number of rotatable bonds is 4. The Hall–Kier alpha value is -1.62. The van der Waals surface area contributed by atoms with Crippen molar-refractivity contribution >= 4 is 11.7 Å². The molecular weight excluding hydrogens is 216 g/mol. The molecule has 0 aliphatic heterocycles. The summed E-state index contributed by atoms with van der Waals surface area (Å²) in [6.45, 7) is 5.91. The third-order valence-electron chi connectivity index (χ3n) is 2.92. The second kappa shape index (κ2) is 5.63. The molecule has 0 fully saturated rings. The van der Waals surface area contributed by atoms with Crippen LogP contribution in [0.2, 0.25) is 0 Å². The third kappa shape index (κ3) is 3.17. The molecule has 5 heteroatoms. The van der Waals surface area contributed by atoms with Gasteiger partial charge in [-0.1, -0.05) is 6.92 Å². The van der Waals surface area contributed by atoms with Crippen LogP contribution >= 0.6 is 0 Å². The van der Waals surface area contributed by atoms with Gasteiger partial charge in [0.15, 0.2) is 0 Å². The first-order valence-electron chi connectivity index (χ1n) is 5.72. The molecule has 0 aliphatic carbocycles. The van der Waals surface area contributed by atoms with E-state index in [2.05, 4.69) is 17.3 Å². The van der Waals surface area contributed by atoms with Gasteiger partial charge in [-0.3, -0.25) is 4.79 Å². The Morgan fingerprint density at radius 2 is 2.24 bits per heavy atom. The Morgan fingerprint density at radius 1 is 1.59 bits per heavy atom. The summed E-state index contributed by atoms with van der Waals surface area (Å²) in [5.41, 5.74) is 3.83. The van der Waals surface area contributed by atoms with Crippen LogP contribution in [0.3, 0.4) is 0 Å². The number of aryl methyl sites for hydroxylation is 1. The zero-order valence-electron chi connectivity index (χ0n) is 10.8. The molecule has 0 spiro atoms. The Kier molecular flexibility index (Phi) is 4.45. The fourth-order valence-electron chi connectivity index (χ4n) is 1.54. The first-order chi connectivity index (χ1) is 7.99. The predicted molar refractivity (Wildman–Crippen MR) is 68.6 cm³/mol. The molecule has 1 atom stereocenters. The van der Waals surface area contributed by atoms with Crippen molar-refractivity contribution in [2.24, 2.45) is 5.84 Å². The molecule has 0 saturated carbocycles. The van der Waals surface area contributed by atoms with Gasteiger partial charge in [-0.25, -0.2) is 10.8 Å². The lowest BCUT2D eigenvalue weighted by atomic mass is 10.1. The van der Waals surface area contributed by atoms with Crippen molar-refractivity contribution in [3.05, 3.63) is 23.4 Å². The van der Waals surface area contributed by atoms with E-state index in [-0.39, 0.29) is 11.9 Å². The number of aromatic nitrogens is 1. The Morgan fingerprint density at radius 3 is 2.76 bits per heavy atom. The Labute approximate surface area is 102 Å². The van der Waals surface area contributed by atoms with E-state index in [1.807, 2.05) is 20.9 Å². The van der Waals surface area contributed by atoms with Crippen molar-refractivity contribution in [2.75, 3.05) is 12.5 Å². The number of nitrogens with zero attached hydrogens (tertiary/aromatic N) is 2. The van der Waals surface area contributed by atoms with Gasteiger partial charge >= 0.3 is 0 Å². The van der Waals surface area contributed by atoms with Crippen LogP contribution in [-0.4, -0.2) is 28.9 Å². The number of anilines is 1. The number of nitrogens with two attached hydrogens (primary N) is 1. The highest BCUT2D eigenvalue weighted by Crippen LogP contribution is 2.13. The summed E-state index contributed by atoms with van der Waals surface area (Å²) in [5.74, 6) is 5.81. The van der Waals surface area contributed by atoms with Gasteiger partial charge in [-0.2, -0.15) is 0 Å². The van der Waals surface area contributed by atoms with Gasteiger partial charge in [0.05, 0.1) is 0 Å². The SMILES string of the molecule is CCC(C)N(C)C(=O)c1cc(C)nc(NN)c1. The zero-order chi connectivity index (χ0) is 13.0. The standard InChI is InChI=1S/C12H20N4O/c1-5-9(3)16(4)12(17)10-6-8(2)14-11(7-10)15-13/h6-7,9H,5,13H2,1-4H3,(H,14,15). The van der Waals surface area contributed by atoms with E-state index in [1.54, 1.807) is 17.0 Å². The zero-order valence-corrected chi connectivity index (χ0v) is 10.8. The van der Waals surface area contributed by atoms with Gasteiger partial charge in [0.2, 0.25) is 0 Å². The highest BCUT2D eigenvalue weighted by atomic mass is 16.2. The van der Waals surface area contributed by atoms with E-state index in [0.717, 1.165) is 12.1 Å². The number of nitrogen functional groups attached to an aromatic ring is 1. The molecule has 1 unspecified atom stereocenters. The number of nitrogens with one attached hydrogen (secondary N) is 1. The minimum atomic E-state index is -0.0126. The molecule has 0 saturated heterocycles. The predicted octanol–water partition coefficient (Wildman–Crippen LogP) is 1.55. The van der Waals surface area contributed by atoms with Crippen molar-refractivity contribution < 1.29 is 4.79 Å². The number of pyridine rings is 1. The molecule has 1 aromatic heterocycles. The third-order valence-corrected chi connectivity index (χ3v) is 2.92. The van der Waals surface area contributed by atoms with E-state index in [9.17, 15) is 4.79 Å². The van der Waals surface area contributed by atoms with Crippen LogP contribution in [-0.2, 0) is 0 Å². The van der Waals surface area contributed by atoms with Gasteiger partial charge in [0.1, 0.15) is 5.82 Å². The summed E-state index contributed by atoms with van der Waals surface area (Å²) in [6, 6.07) is 3.64. The number of carbonyl (C=O) groups excluding carboxylic acids is 1. The van der Waals surface area contributed by atoms with Crippen LogP contribution in [0.4, 0.5) is 5.82 Å². The van der Waals surface area contributed by atoms with Crippen LogP contribution in [0, 0.1) is 6.92 Å². The maximum absolute atomic E-state index is 12.2. The topological polar surface area (TPSA) is 71.2 Å². The van der Waals surface area contributed by atoms with Crippen molar-refractivity contribution in [2.45, 2.75) is 33.2 Å². The summed E-state index contributed by atoms with van der Waals surface area (Å²) in [6.07, 6.45) is 0.925. The average Bonchev–Trinajstić information content (AvgIpc) is 2.35. The highest BCUT2D eigenvalue weighted by Gasteiger charge is 2.17. The second-order valence-corrected chi connectivity index (χ2v) is 4.20. The fraction of sp³-hybridized carbons (Fsp3) is 0.500. The van der Waals surface area contributed by atoms with Gasteiger partial charge in [-0.05, 0) is 32.4 Å². The van der Waals surface area contributed by atoms with E-state index in [0.29, 0.717) is 11.4 Å². The first-order valence-corrected chi connectivity index (χ1v) is 5.72. The molecule has 0 aromatic carbocycles. The maximum atomic E-state index is 12.2. The molecule has 5 nitrogen and oxygen atoms in total. The summed E-state index contributed by atoms with van der Waals surface area (Å²) in [4.78, 5) is 18.1. The fourth-order valence-corrected chi connectivity index (χ4v) is 1.54. The molecular formula is C12H20N4O. The Bertz CT molecular complexity index is 405. The Balaban J connectivity index is 2.99. The lowest BCUT2D eigenvalue weighted by molar-refractivity contribution is 0.0740. The summed E-state index contributed by atoms with van der Waals surface area (Å²) < 4.78 is 0. The average molecular weight is 236 g/mol. The van der Waals surface area contributed by atoms with Crippen LogP contribution in [0.15, 0.2) is 12.1 Å². The van der Waals surface area contributed by atoms with Crippen LogP contribution < -0.4 is 11.3 Å². The van der Waals surface area contributed by atoms with Crippen LogP contribution in [0.25, 0.3) is 0 Å². The van der Waals surface area contributed by atoms with Crippen molar-refractivity contribution in [3.8, 4) is 0 Å². The van der Waals surface area contributed by atoms with Crippen LogP contribution in [0.1, 0.15) is 36.3 Å². The molecule has 1 aromatic rings. The smallest absolute Gasteiger partial charge is 0.254 e. The van der Waals surface area contributed by atoms with Crippen molar-refractivity contribution in [1.82, 2.24) is 9.88 Å². The molecule has 1 heterocycles. The van der Waals surface area contributed by atoms with Crippen molar-refractivity contribution in [1.29, 1.82) is 0 Å². The molecule has 3 N–H and O–H groups in total. The van der Waals surface area contributed by atoms with E-state index in [1.165, 1.54) is 0 Å².